The summed E-state index contributed by atoms with van der Waals surface area (Å²) in [6, 6.07) is 8.14. The predicted molar refractivity (Wildman–Crippen MR) is 92.6 cm³/mol. The highest BCUT2D eigenvalue weighted by molar-refractivity contribution is 5.79. The summed E-state index contributed by atoms with van der Waals surface area (Å²) in [4.78, 5) is 23.3. The van der Waals surface area contributed by atoms with Gasteiger partial charge in [-0.15, -0.1) is 0 Å². The van der Waals surface area contributed by atoms with E-state index in [1.165, 1.54) is 12.1 Å². The smallest absolute Gasteiger partial charge is 0.227 e. The highest BCUT2D eigenvalue weighted by Crippen LogP contribution is 2.29. The van der Waals surface area contributed by atoms with Crippen molar-refractivity contribution >= 4 is 16.9 Å². The molecule has 0 saturated carbocycles. The van der Waals surface area contributed by atoms with E-state index in [2.05, 4.69) is 9.55 Å². The first kappa shape index (κ1) is 15.7. The standard InChI is InChI=1S/C19H19FN4O/c1-23-17-11-21-7-5-16(17)22-19(23)14-6-8-24(12-14)18(25)10-13-3-2-4-15(20)9-13/h2-5,7,9,11,14H,6,8,10,12H2,1H3/t14-/m1/s1. The van der Waals surface area contributed by atoms with Crippen LogP contribution in [0.3, 0.4) is 0 Å². The molecule has 1 aliphatic heterocycles. The van der Waals surface area contributed by atoms with Gasteiger partial charge < -0.3 is 9.47 Å². The van der Waals surface area contributed by atoms with Crippen molar-refractivity contribution in [1.82, 2.24) is 19.4 Å². The molecule has 6 heteroatoms. The van der Waals surface area contributed by atoms with Crippen molar-refractivity contribution in [2.75, 3.05) is 13.1 Å². The summed E-state index contributed by atoms with van der Waals surface area (Å²) in [7, 11) is 1.99. The molecular weight excluding hydrogens is 319 g/mol. The minimum Gasteiger partial charge on any atom is -0.342 e. The second-order valence-electron chi connectivity index (χ2n) is 6.53. The number of imidazole rings is 1. The van der Waals surface area contributed by atoms with Crippen LogP contribution >= 0.6 is 0 Å². The van der Waals surface area contributed by atoms with E-state index in [0.29, 0.717) is 18.7 Å². The molecule has 4 rings (SSSR count). The second kappa shape index (κ2) is 6.27. The highest BCUT2D eigenvalue weighted by atomic mass is 19.1. The van der Waals surface area contributed by atoms with Crippen LogP contribution in [0.15, 0.2) is 42.7 Å². The van der Waals surface area contributed by atoms with Crippen molar-refractivity contribution in [3.63, 3.8) is 0 Å². The third-order valence-electron chi connectivity index (χ3n) is 4.87. The molecule has 1 amide bonds. The number of fused-ring (bicyclic) bond motifs is 1. The molecule has 5 nitrogen and oxygen atoms in total. The number of aryl methyl sites for hydroxylation is 1. The molecule has 1 atom stereocenters. The number of halogens is 1. The van der Waals surface area contributed by atoms with Gasteiger partial charge in [0.05, 0.1) is 23.7 Å². The number of nitrogens with zero attached hydrogens (tertiary/aromatic N) is 4. The van der Waals surface area contributed by atoms with E-state index >= 15 is 0 Å². The third kappa shape index (κ3) is 2.99. The first-order valence-corrected chi connectivity index (χ1v) is 8.40. The monoisotopic (exact) mass is 338 g/mol. The topological polar surface area (TPSA) is 51.0 Å². The Morgan fingerprint density at radius 1 is 1.36 bits per heavy atom. The molecule has 0 N–H and O–H groups in total. The summed E-state index contributed by atoms with van der Waals surface area (Å²) in [5.41, 5.74) is 2.64. The molecule has 3 heterocycles. The lowest BCUT2D eigenvalue weighted by Gasteiger charge is -2.16. The van der Waals surface area contributed by atoms with Crippen LogP contribution in [0.2, 0.25) is 0 Å². The van der Waals surface area contributed by atoms with Gasteiger partial charge in [0.1, 0.15) is 11.6 Å². The van der Waals surface area contributed by atoms with Crippen molar-refractivity contribution in [2.24, 2.45) is 7.05 Å². The average molecular weight is 338 g/mol. The van der Waals surface area contributed by atoms with Gasteiger partial charge in [-0.3, -0.25) is 9.78 Å². The van der Waals surface area contributed by atoms with Crippen LogP contribution in [-0.2, 0) is 18.3 Å². The summed E-state index contributed by atoms with van der Waals surface area (Å²) >= 11 is 0. The van der Waals surface area contributed by atoms with Gasteiger partial charge in [0.15, 0.2) is 0 Å². The number of aromatic nitrogens is 3. The van der Waals surface area contributed by atoms with Crippen molar-refractivity contribution in [3.8, 4) is 0 Å². The maximum absolute atomic E-state index is 13.3. The Balaban J connectivity index is 1.49. The molecule has 0 bridgehead atoms. The Labute approximate surface area is 145 Å². The van der Waals surface area contributed by atoms with Gasteiger partial charge in [-0.05, 0) is 30.2 Å². The minimum atomic E-state index is -0.307. The number of pyridine rings is 1. The van der Waals surface area contributed by atoms with E-state index in [1.54, 1.807) is 18.3 Å². The molecule has 0 aliphatic carbocycles. The number of hydrogen-bond acceptors (Lipinski definition) is 3. The normalized spacial score (nSPS) is 17.4. The zero-order valence-corrected chi connectivity index (χ0v) is 14.0. The van der Waals surface area contributed by atoms with Gasteiger partial charge in [0.25, 0.3) is 0 Å². The van der Waals surface area contributed by atoms with Gasteiger partial charge in [0.2, 0.25) is 5.91 Å². The van der Waals surface area contributed by atoms with Crippen molar-refractivity contribution in [1.29, 1.82) is 0 Å². The Morgan fingerprint density at radius 3 is 3.04 bits per heavy atom. The van der Waals surface area contributed by atoms with Crippen LogP contribution in [0.4, 0.5) is 4.39 Å². The molecule has 1 saturated heterocycles. The average Bonchev–Trinajstić information content (AvgIpc) is 3.20. The van der Waals surface area contributed by atoms with E-state index in [-0.39, 0.29) is 24.1 Å². The maximum Gasteiger partial charge on any atom is 0.227 e. The highest BCUT2D eigenvalue weighted by Gasteiger charge is 2.30. The number of benzene rings is 1. The van der Waals surface area contributed by atoms with Crippen LogP contribution in [0.5, 0.6) is 0 Å². The van der Waals surface area contributed by atoms with E-state index in [4.69, 9.17) is 4.98 Å². The number of hydrogen-bond donors (Lipinski definition) is 0. The van der Waals surface area contributed by atoms with E-state index in [1.807, 2.05) is 24.2 Å². The molecule has 25 heavy (non-hydrogen) atoms. The summed E-state index contributed by atoms with van der Waals surface area (Å²) in [5, 5.41) is 0. The van der Waals surface area contributed by atoms with Crippen molar-refractivity contribution in [2.45, 2.75) is 18.8 Å². The number of amides is 1. The van der Waals surface area contributed by atoms with Crippen LogP contribution < -0.4 is 0 Å². The molecule has 0 spiro atoms. The zero-order chi connectivity index (χ0) is 17.4. The van der Waals surface area contributed by atoms with Crippen LogP contribution in [0.25, 0.3) is 11.0 Å². The van der Waals surface area contributed by atoms with Gasteiger partial charge in [-0.2, -0.15) is 0 Å². The summed E-state index contributed by atoms with van der Waals surface area (Å²) < 4.78 is 15.3. The molecule has 3 aromatic rings. The fourth-order valence-corrected chi connectivity index (χ4v) is 3.55. The maximum atomic E-state index is 13.3. The fourth-order valence-electron chi connectivity index (χ4n) is 3.55. The van der Waals surface area contributed by atoms with Gasteiger partial charge >= 0.3 is 0 Å². The van der Waals surface area contributed by atoms with E-state index in [0.717, 1.165) is 23.3 Å². The van der Waals surface area contributed by atoms with Gasteiger partial charge in [-0.25, -0.2) is 9.37 Å². The predicted octanol–water partition coefficient (Wildman–Crippen LogP) is 2.67. The molecule has 1 aliphatic rings. The second-order valence-corrected chi connectivity index (χ2v) is 6.53. The van der Waals surface area contributed by atoms with Crippen molar-refractivity contribution in [3.05, 3.63) is 59.9 Å². The van der Waals surface area contributed by atoms with Crippen LogP contribution in [0, 0.1) is 5.82 Å². The minimum absolute atomic E-state index is 0.0357. The Hall–Kier alpha value is -2.76. The molecule has 0 radical (unpaired) electrons. The largest absolute Gasteiger partial charge is 0.342 e. The molecular formula is C19H19FN4O. The van der Waals surface area contributed by atoms with Gasteiger partial charge in [0, 0.05) is 32.3 Å². The first-order chi connectivity index (χ1) is 12.1. The van der Waals surface area contributed by atoms with Crippen molar-refractivity contribution < 1.29 is 9.18 Å². The third-order valence-corrected chi connectivity index (χ3v) is 4.87. The molecule has 2 aromatic heterocycles. The van der Waals surface area contributed by atoms with Gasteiger partial charge in [-0.1, -0.05) is 12.1 Å². The lowest BCUT2D eigenvalue weighted by Crippen LogP contribution is -2.30. The van der Waals surface area contributed by atoms with E-state index in [9.17, 15) is 9.18 Å². The quantitative estimate of drug-likeness (QED) is 0.738. The Bertz CT molecular complexity index is 936. The Morgan fingerprint density at radius 2 is 2.24 bits per heavy atom. The number of carbonyl (C=O) groups is 1. The molecule has 128 valence electrons. The lowest BCUT2D eigenvalue weighted by molar-refractivity contribution is -0.129. The molecule has 1 aromatic carbocycles. The summed E-state index contributed by atoms with van der Waals surface area (Å²) in [5.74, 6) is 0.935. The molecule has 0 unspecified atom stereocenters. The van der Waals surface area contributed by atoms with E-state index < -0.39 is 0 Å². The Kier molecular flexibility index (Phi) is 3.95. The van der Waals surface area contributed by atoms with Crippen LogP contribution in [-0.4, -0.2) is 38.4 Å². The fraction of sp³-hybridized carbons (Fsp3) is 0.316. The summed E-state index contributed by atoms with van der Waals surface area (Å²) in [6.45, 7) is 1.36. The first-order valence-electron chi connectivity index (χ1n) is 8.40. The lowest BCUT2D eigenvalue weighted by atomic mass is 10.1. The number of likely N-dealkylation sites (tertiary alicyclic amines) is 1. The van der Waals surface area contributed by atoms with Crippen LogP contribution in [0.1, 0.15) is 23.7 Å². The number of rotatable bonds is 3. The SMILES string of the molecule is Cn1c([C@@H]2CCN(C(=O)Cc3cccc(F)c3)C2)nc2ccncc21. The molecule has 1 fully saturated rings. The zero-order valence-electron chi connectivity index (χ0n) is 14.0. The number of carbonyl (C=O) groups excluding carboxylic acids is 1. The summed E-state index contributed by atoms with van der Waals surface area (Å²) in [6.07, 6.45) is 4.67.